The number of hydrogen-bond donors (Lipinski definition) is 1. The Hall–Kier alpha value is -0.580. The van der Waals surface area contributed by atoms with Crippen molar-refractivity contribution in [2.24, 2.45) is 0 Å². The first-order valence-corrected chi connectivity index (χ1v) is 6.01. The normalized spacial score (nSPS) is 22.1. The SMILES string of the molecule is OC1CCN(CSc2ccc(F)cc2)C1. The van der Waals surface area contributed by atoms with Crippen molar-refractivity contribution in [1.82, 2.24) is 4.90 Å². The van der Waals surface area contributed by atoms with E-state index in [0.29, 0.717) is 0 Å². The van der Waals surface area contributed by atoms with Gasteiger partial charge in [0.25, 0.3) is 0 Å². The molecular weight excluding hydrogens is 213 g/mol. The van der Waals surface area contributed by atoms with Gasteiger partial charge in [-0.05, 0) is 30.7 Å². The minimum Gasteiger partial charge on any atom is -0.392 e. The third kappa shape index (κ3) is 3.19. The molecule has 1 saturated heterocycles. The van der Waals surface area contributed by atoms with E-state index < -0.39 is 0 Å². The number of aliphatic hydroxyl groups excluding tert-OH is 1. The standard InChI is InChI=1S/C11H14FNOS/c12-9-1-3-11(4-2-9)15-8-13-6-5-10(14)7-13/h1-4,10,14H,5-8H2. The summed E-state index contributed by atoms with van der Waals surface area (Å²) in [6.07, 6.45) is 0.697. The Morgan fingerprint density at radius 1 is 1.40 bits per heavy atom. The van der Waals surface area contributed by atoms with Crippen LogP contribution in [0.3, 0.4) is 0 Å². The molecule has 0 amide bonds. The molecule has 1 atom stereocenters. The number of nitrogens with zero attached hydrogens (tertiary/aromatic N) is 1. The van der Waals surface area contributed by atoms with Crippen molar-refractivity contribution in [3.63, 3.8) is 0 Å². The van der Waals surface area contributed by atoms with Gasteiger partial charge in [-0.15, -0.1) is 11.8 Å². The van der Waals surface area contributed by atoms with Gasteiger partial charge in [0.15, 0.2) is 0 Å². The topological polar surface area (TPSA) is 23.5 Å². The van der Waals surface area contributed by atoms with E-state index in [2.05, 4.69) is 4.90 Å². The van der Waals surface area contributed by atoms with Gasteiger partial charge in [-0.1, -0.05) is 0 Å². The minimum atomic E-state index is -0.198. The van der Waals surface area contributed by atoms with Crippen LogP contribution >= 0.6 is 11.8 Å². The first-order chi connectivity index (χ1) is 7.24. The molecule has 1 aromatic carbocycles. The Kier molecular flexibility index (Phi) is 3.61. The highest BCUT2D eigenvalue weighted by molar-refractivity contribution is 7.99. The van der Waals surface area contributed by atoms with E-state index in [1.165, 1.54) is 12.1 Å². The molecule has 0 bridgehead atoms. The molecule has 1 N–H and O–H groups in total. The zero-order chi connectivity index (χ0) is 10.7. The van der Waals surface area contributed by atoms with Gasteiger partial charge in [0.05, 0.1) is 6.10 Å². The maximum atomic E-state index is 12.6. The molecule has 1 fully saturated rings. The van der Waals surface area contributed by atoms with E-state index in [1.807, 2.05) is 0 Å². The fourth-order valence-electron chi connectivity index (χ4n) is 1.63. The van der Waals surface area contributed by atoms with Crippen molar-refractivity contribution in [1.29, 1.82) is 0 Å². The molecule has 2 rings (SSSR count). The number of rotatable bonds is 3. The van der Waals surface area contributed by atoms with Crippen LogP contribution in [-0.4, -0.2) is 35.1 Å². The Morgan fingerprint density at radius 2 is 2.13 bits per heavy atom. The van der Waals surface area contributed by atoms with Gasteiger partial charge in [-0.3, -0.25) is 4.90 Å². The molecule has 1 aliphatic rings. The summed E-state index contributed by atoms with van der Waals surface area (Å²) in [6, 6.07) is 6.52. The van der Waals surface area contributed by atoms with Crippen LogP contribution in [0.15, 0.2) is 29.2 Å². The highest BCUT2D eigenvalue weighted by Crippen LogP contribution is 2.21. The molecular formula is C11H14FNOS. The third-order valence-corrected chi connectivity index (χ3v) is 3.57. The Balaban J connectivity index is 1.80. The average molecular weight is 227 g/mol. The summed E-state index contributed by atoms with van der Waals surface area (Å²) in [5.74, 6) is 0.666. The van der Waals surface area contributed by atoms with E-state index in [9.17, 15) is 9.50 Å². The quantitative estimate of drug-likeness (QED) is 0.798. The molecule has 0 aromatic heterocycles. The lowest BCUT2D eigenvalue weighted by atomic mass is 10.3. The summed E-state index contributed by atoms with van der Waals surface area (Å²) in [6.45, 7) is 1.71. The van der Waals surface area contributed by atoms with E-state index in [4.69, 9.17) is 0 Å². The lowest BCUT2D eigenvalue weighted by molar-refractivity contribution is 0.181. The number of β-amino-alcohol motifs (C(OH)–C–C–N with tert-alkyl or cyclic N) is 1. The zero-order valence-corrected chi connectivity index (χ0v) is 9.21. The van der Waals surface area contributed by atoms with Gasteiger partial charge < -0.3 is 5.11 Å². The number of hydrogen-bond acceptors (Lipinski definition) is 3. The van der Waals surface area contributed by atoms with Crippen molar-refractivity contribution < 1.29 is 9.50 Å². The molecule has 1 unspecified atom stereocenters. The molecule has 0 aliphatic carbocycles. The lowest BCUT2D eigenvalue weighted by Crippen LogP contribution is -2.21. The number of thioether (sulfide) groups is 1. The van der Waals surface area contributed by atoms with E-state index in [1.54, 1.807) is 23.9 Å². The molecule has 1 aliphatic heterocycles. The highest BCUT2D eigenvalue weighted by atomic mass is 32.2. The van der Waals surface area contributed by atoms with Gasteiger partial charge in [0.2, 0.25) is 0 Å². The first-order valence-electron chi connectivity index (χ1n) is 5.03. The number of likely N-dealkylation sites (tertiary alicyclic amines) is 1. The largest absolute Gasteiger partial charge is 0.392 e. The Labute approximate surface area is 93.1 Å². The van der Waals surface area contributed by atoms with Crippen LogP contribution in [0.4, 0.5) is 4.39 Å². The van der Waals surface area contributed by atoms with E-state index in [0.717, 1.165) is 30.3 Å². The van der Waals surface area contributed by atoms with Crippen LogP contribution in [0, 0.1) is 5.82 Å². The van der Waals surface area contributed by atoms with Crippen LogP contribution < -0.4 is 0 Å². The molecule has 0 radical (unpaired) electrons. The molecule has 82 valence electrons. The summed E-state index contributed by atoms with van der Waals surface area (Å²) >= 11 is 1.68. The van der Waals surface area contributed by atoms with Crippen LogP contribution in [-0.2, 0) is 0 Å². The summed E-state index contributed by atoms with van der Waals surface area (Å²) in [7, 11) is 0. The average Bonchev–Trinajstić information content (AvgIpc) is 2.64. The van der Waals surface area contributed by atoms with Crippen molar-refractivity contribution >= 4 is 11.8 Å². The van der Waals surface area contributed by atoms with E-state index >= 15 is 0 Å². The second kappa shape index (κ2) is 4.96. The number of aliphatic hydroxyl groups is 1. The highest BCUT2D eigenvalue weighted by Gasteiger charge is 2.19. The van der Waals surface area contributed by atoms with Crippen LogP contribution in [0.2, 0.25) is 0 Å². The maximum Gasteiger partial charge on any atom is 0.123 e. The predicted molar refractivity (Wildman–Crippen MR) is 59.3 cm³/mol. The maximum absolute atomic E-state index is 12.6. The monoisotopic (exact) mass is 227 g/mol. The number of halogens is 1. The zero-order valence-electron chi connectivity index (χ0n) is 8.40. The van der Waals surface area contributed by atoms with Crippen molar-refractivity contribution in [2.45, 2.75) is 17.4 Å². The van der Waals surface area contributed by atoms with Gasteiger partial charge in [-0.25, -0.2) is 4.39 Å². The molecule has 1 aromatic rings. The molecule has 2 nitrogen and oxygen atoms in total. The summed E-state index contributed by atoms with van der Waals surface area (Å²) in [5.41, 5.74) is 0. The smallest absolute Gasteiger partial charge is 0.123 e. The summed E-state index contributed by atoms with van der Waals surface area (Å²) in [5, 5.41) is 9.33. The van der Waals surface area contributed by atoms with Crippen molar-refractivity contribution in [3.05, 3.63) is 30.1 Å². The van der Waals surface area contributed by atoms with Crippen LogP contribution in [0.5, 0.6) is 0 Å². The first kappa shape index (κ1) is 10.9. The van der Waals surface area contributed by atoms with Gasteiger partial charge in [0, 0.05) is 23.9 Å². The molecule has 4 heteroatoms. The fourth-order valence-corrected chi connectivity index (χ4v) is 2.52. The van der Waals surface area contributed by atoms with Crippen molar-refractivity contribution in [3.8, 4) is 0 Å². The van der Waals surface area contributed by atoms with Crippen LogP contribution in [0.25, 0.3) is 0 Å². The molecule has 0 spiro atoms. The predicted octanol–water partition coefficient (Wildman–Crippen LogP) is 1.94. The van der Waals surface area contributed by atoms with Crippen LogP contribution in [0.1, 0.15) is 6.42 Å². The van der Waals surface area contributed by atoms with Gasteiger partial charge in [-0.2, -0.15) is 0 Å². The summed E-state index contributed by atoms with van der Waals surface area (Å²) < 4.78 is 12.6. The van der Waals surface area contributed by atoms with Crippen molar-refractivity contribution in [2.75, 3.05) is 19.0 Å². The second-order valence-corrected chi connectivity index (χ2v) is 4.77. The minimum absolute atomic E-state index is 0.168. The second-order valence-electron chi connectivity index (χ2n) is 3.75. The lowest BCUT2D eigenvalue weighted by Gasteiger charge is -2.13. The van der Waals surface area contributed by atoms with Gasteiger partial charge in [0.1, 0.15) is 5.82 Å². The van der Waals surface area contributed by atoms with E-state index in [-0.39, 0.29) is 11.9 Å². The molecule has 0 saturated carbocycles. The molecule has 15 heavy (non-hydrogen) atoms. The fraction of sp³-hybridized carbons (Fsp3) is 0.455. The third-order valence-electron chi connectivity index (χ3n) is 2.47. The Morgan fingerprint density at radius 3 is 2.73 bits per heavy atom. The van der Waals surface area contributed by atoms with Gasteiger partial charge >= 0.3 is 0 Å². The molecule has 1 heterocycles. The number of benzene rings is 1. The Bertz CT molecular complexity index is 317. The summed E-state index contributed by atoms with van der Waals surface area (Å²) in [4.78, 5) is 3.27.